The predicted molar refractivity (Wildman–Crippen MR) is 92.9 cm³/mol. The lowest BCUT2D eigenvalue weighted by atomic mass is 10.1. The second kappa shape index (κ2) is 8.70. The Hall–Kier alpha value is -3.29. The number of nitrogens with one attached hydrogen (secondary N) is 1. The summed E-state index contributed by atoms with van der Waals surface area (Å²) in [6.07, 6.45) is 3.14. The van der Waals surface area contributed by atoms with E-state index in [-0.39, 0.29) is 17.1 Å². The van der Waals surface area contributed by atoms with E-state index in [0.29, 0.717) is 24.7 Å². The van der Waals surface area contributed by atoms with Gasteiger partial charge in [0.05, 0.1) is 17.2 Å². The van der Waals surface area contributed by atoms with Gasteiger partial charge in [0, 0.05) is 18.2 Å². The van der Waals surface area contributed by atoms with Crippen LogP contribution in [0.25, 0.3) is 6.08 Å². The van der Waals surface area contributed by atoms with Crippen LogP contribution >= 0.6 is 0 Å². The van der Waals surface area contributed by atoms with Crippen molar-refractivity contribution in [2.45, 2.75) is 13.3 Å². The minimum Gasteiger partial charge on any atom is -0.487 e. The Labute approximate surface area is 148 Å². The Morgan fingerprint density at radius 3 is 2.69 bits per heavy atom. The van der Waals surface area contributed by atoms with Crippen LogP contribution in [0.4, 0.5) is 20.2 Å². The first-order chi connectivity index (χ1) is 12.4. The maximum Gasteiger partial charge on any atom is 0.311 e. The predicted octanol–water partition coefficient (Wildman–Crippen LogP) is 4.31. The molecule has 1 amide bonds. The average molecular weight is 362 g/mol. The maximum absolute atomic E-state index is 13.5. The molecular weight excluding hydrogens is 346 g/mol. The van der Waals surface area contributed by atoms with Gasteiger partial charge in [-0.1, -0.05) is 13.0 Å². The van der Waals surface area contributed by atoms with Crippen molar-refractivity contribution in [1.29, 1.82) is 0 Å². The second-order valence-corrected chi connectivity index (χ2v) is 5.28. The van der Waals surface area contributed by atoms with Gasteiger partial charge in [0.25, 0.3) is 0 Å². The summed E-state index contributed by atoms with van der Waals surface area (Å²) in [6, 6.07) is 7.04. The lowest BCUT2D eigenvalue weighted by Gasteiger charge is -2.06. The first kappa shape index (κ1) is 19.0. The van der Waals surface area contributed by atoms with Crippen molar-refractivity contribution in [3.05, 3.63) is 69.8 Å². The molecule has 0 atom stereocenters. The molecule has 26 heavy (non-hydrogen) atoms. The van der Waals surface area contributed by atoms with Crippen LogP contribution < -0.4 is 10.1 Å². The summed E-state index contributed by atoms with van der Waals surface area (Å²) >= 11 is 0. The Morgan fingerprint density at radius 2 is 2.04 bits per heavy atom. The molecule has 2 aromatic carbocycles. The van der Waals surface area contributed by atoms with Crippen molar-refractivity contribution in [2.75, 3.05) is 11.9 Å². The van der Waals surface area contributed by atoms with E-state index in [9.17, 15) is 23.7 Å². The summed E-state index contributed by atoms with van der Waals surface area (Å²) in [5.74, 6) is -2.18. The number of nitrogens with zero attached hydrogens (tertiary/aromatic N) is 1. The summed E-state index contributed by atoms with van der Waals surface area (Å²) in [5, 5.41) is 13.4. The minimum atomic E-state index is -0.903. The number of hydrogen-bond donors (Lipinski definition) is 1. The van der Waals surface area contributed by atoms with Crippen LogP contribution in [0.3, 0.4) is 0 Å². The third kappa shape index (κ3) is 5.10. The monoisotopic (exact) mass is 362 g/mol. The van der Waals surface area contributed by atoms with E-state index >= 15 is 0 Å². The lowest BCUT2D eigenvalue weighted by molar-refractivity contribution is -0.385. The van der Waals surface area contributed by atoms with Crippen molar-refractivity contribution in [3.8, 4) is 5.75 Å². The standard InChI is InChI=1S/C18H16F2N2O4/c1-2-9-26-17-7-3-12(10-16(17)22(24)25)4-8-18(23)21-15-6-5-13(19)11-14(15)20/h3-8,10-11H,2,9H2,1H3,(H,21,23)/b8-4+. The van der Waals surface area contributed by atoms with Crippen molar-refractivity contribution in [3.63, 3.8) is 0 Å². The molecule has 0 aliphatic heterocycles. The first-order valence-electron chi connectivity index (χ1n) is 7.76. The summed E-state index contributed by atoms with van der Waals surface area (Å²) in [4.78, 5) is 22.4. The van der Waals surface area contributed by atoms with E-state index in [2.05, 4.69) is 5.32 Å². The molecule has 0 aliphatic rings. The zero-order chi connectivity index (χ0) is 19.1. The number of halogens is 2. The number of ether oxygens (including phenoxy) is 1. The van der Waals surface area contributed by atoms with Crippen LogP contribution in [-0.2, 0) is 4.79 Å². The zero-order valence-corrected chi connectivity index (χ0v) is 13.9. The van der Waals surface area contributed by atoms with Crippen molar-refractivity contribution < 1.29 is 23.2 Å². The van der Waals surface area contributed by atoms with Crippen LogP contribution in [-0.4, -0.2) is 17.4 Å². The third-order valence-corrected chi connectivity index (χ3v) is 3.26. The van der Waals surface area contributed by atoms with Crippen LogP contribution in [0.1, 0.15) is 18.9 Å². The van der Waals surface area contributed by atoms with Gasteiger partial charge in [-0.3, -0.25) is 14.9 Å². The number of nitro groups is 1. The third-order valence-electron chi connectivity index (χ3n) is 3.26. The number of carbonyl (C=O) groups is 1. The Morgan fingerprint density at radius 1 is 1.27 bits per heavy atom. The molecule has 1 N–H and O–H groups in total. The number of rotatable bonds is 7. The normalized spacial score (nSPS) is 10.7. The van der Waals surface area contributed by atoms with Gasteiger partial charge in [0.15, 0.2) is 5.75 Å². The van der Waals surface area contributed by atoms with Gasteiger partial charge in [0.1, 0.15) is 11.6 Å². The minimum absolute atomic E-state index is 0.145. The van der Waals surface area contributed by atoms with Gasteiger partial charge in [-0.2, -0.15) is 0 Å². The maximum atomic E-state index is 13.5. The highest BCUT2D eigenvalue weighted by molar-refractivity contribution is 6.02. The van der Waals surface area contributed by atoms with Gasteiger partial charge in [0.2, 0.25) is 5.91 Å². The van der Waals surface area contributed by atoms with Crippen LogP contribution in [0.2, 0.25) is 0 Å². The van der Waals surface area contributed by atoms with Gasteiger partial charge < -0.3 is 10.1 Å². The fourth-order valence-corrected chi connectivity index (χ4v) is 2.05. The molecule has 2 rings (SSSR count). The Balaban J connectivity index is 2.12. The quantitative estimate of drug-likeness (QED) is 0.452. The van der Waals surface area contributed by atoms with Crippen LogP contribution in [0, 0.1) is 21.7 Å². The molecular formula is C18H16F2N2O4. The number of amides is 1. The highest BCUT2D eigenvalue weighted by Gasteiger charge is 2.15. The number of anilines is 1. The first-order valence-corrected chi connectivity index (χ1v) is 7.76. The molecule has 136 valence electrons. The summed E-state index contributed by atoms with van der Waals surface area (Å²) < 4.78 is 31.6. The molecule has 0 bridgehead atoms. The van der Waals surface area contributed by atoms with Gasteiger partial charge in [-0.25, -0.2) is 8.78 Å². The second-order valence-electron chi connectivity index (χ2n) is 5.28. The van der Waals surface area contributed by atoms with E-state index < -0.39 is 22.5 Å². The van der Waals surface area contributed by atoms with Crippen LogP contribution in [0.15, 0.2) is 42.5 Å². The molecule has 0 saturated carbocycles. The summed E-state index contributed by atoms with van der Waals surface area (Å²) in [6.45, 7) is 2.23. The van der Waals surface area contributed by atoms with Crippen LogP contribution in [0.5, 0.6) is 5.75 Å². The molecule has 0 aliphatic carbocycles. The van der Waals surface area contributed by atoms with Crippen molar-refractivity contribution in [2.24, 2.45) is 0 Å². The molecule has 0 heterocycles. The molecule has 0 saturated heterocycles. The van der Waals surface area contributed by atoms with Gasteiger partial charge in [-0.15, -0.1) is 0 Å². The molecule has 0 spiro atoms. The summed E-state index contributed by atoms with van der Waals surface area (Å²) in [5.41, 5.74) is 0.0104. The molecule has 8 heteroatoms. The highest BCUT2D eigenvalue weighted by atomic mass is 19.1. The molecule has 0 radical (unpaired) electrons. The van der Waals surface area contributed by atoms with E-state index in [1.165, 1.54) is 18.2 Å². The van der Waals surface area contributed by atoms with Crippen molar-refractivity contribution >= 4 is 23.4 Å². The highest BCUT2D eigenvalue weighted by Crippen LogP contribution is 2.28. The van der Waals surface area contributed by atoms with E-state index in [0.717, 1.165) is 18.2 Å². The van der Waals surface area contributed by atoms with E-state index in [4.69, 9.17) is 4.74 Å². The fourth-order valence-electron chi connectivity index (χ4n) is 2.05. The number of benzene rings is 2. The molecule has 0 aromatic heterocycles. The SMILES string of the molecule is CCCOc1ccc(/C=C/C(=O)Nc2ccc(F)cc2F)cc1[N+](=O)[O-]. The average Bonchev–Trinajstić information content (AvgIpc) is 2.60. The lowest BCUT2D eigenvalue weighted by Crippen LogP contribution is -2.09. The largest absolute Gasteiger partial charge is 0.487 e. The number of nitro benzene ring substituents is 1. The molecule has 0 unspecified atom stereocenters. The fraction of sp³-hybridized carbons (Fsp3) is 0.167. The smallest absolute Gasteiger partial charge is 0.311 e. The molecule has 2 aromatic rings. The number of hydrogen-bond acceptors (Lipinski definition) is 4. The Bertz CT molecular complexity index is 853. The van der Waals surface area contributed by atoms with Gasteiger partial charge >= 0.3 is 5.69 Å². The molecule has 6 nitrogen and oxygen atoms in total. The number of carbonyl (C=O) groups excluding carboxylic acids is 1. The van der Waals surface area contributed by atoms with Gasteiger partial charge in [-0.05, 0) is 36.3 Å². The van der Waals surface area contributed by atoms with E-state index in [1.807, 2.05) is 6.92 Å². The summed E-state index contributed by atoms with van der Waals surface area (Å²) in [7, 11) is 0. The van der Waals surface area contributed by atoms with Crippen molar-refractivity contribution in [1.82, 2.24) is 0 Å². The molecule has 0 fully saturated rings. The zero-order valence-electron chi connectivity index (χ0n) is 13.9. The van der Waals surface area contributed by atoms with E-state index in [1.54, 1.807) is 6.07 Å². The Kier molecular flexibility index (Phi) is 6.37. The topological polar surface area (TPSA) is 81.5 Å².